The Morgan fingerprint density at radius 2 is 1.89 bits per heavy atom. The number of ether oxygens (including phenoxy) is 1. The van der Waals surface area contributed by atoms with Crippen LogP contribution in [0, 0.1) is 5.92 Å². The van der Waals surface area contributed by atoms with E-state index in [4.69, 9.17) is 9.73 Å². The van der Waals surface area contributed by atoms with Gasteiger partial charge in [-0.1, -0.05) is 18.2 Å². The van der Waals surface area contributed by atoms with E-state index in [-0.39, 0.29) is 0 Å². The fraction of sp³-hybridized carbons (Fsp3) is 0.696. The number of hydrogen-bond donors (Lipinski definition) is 1. The number of benzene rings is 1. The molecule has 5 heteroatoms. The number of likely N-dealkylation sites (tertiary alicyclic amines) is 2. The van der Waals surface area contributed by atoms with Crippen molar-refractivity contribution in [2.45, 2.75) is 58.6 Å². The van der Waals surface area contributed by atoms with Gasteiger partial charge in [-0.3, -0.25) is 4.99 Å². The Morgan fingerprint density at radius 3 is 2.57 bits per heavy atom. The zero-order chi connectivity index (χ0) is 19.8. The van der Waals surface area contributed by atoms with Gasteiger partial charge in [0.25, 0.3) is 0 Å². The first kappa shape index (κ1) is 21.0. The number of piperidine rings is 2. The second-order valence-electron chi connectivity index (χ2n) is 8.41. The smallest absolute Gasteiger partial charge is 0.193 e. The average molecular weight is 387 g/mol. The van der Waals surface area contributed by atoms with Gasteiger partial charge in [0.15, 0.2) is 5.96 Å². The molecule has 0 bridgehead atoms. The lowest BCUT2D eigenvalue weighted by Crippen LogP contribution is -2.48. The van der Waals surface area contributed by atoms with Gasteiger partial charge >= 0.3 is 0 Å². The molecule has 2 heterocycles. The number of hydrogen-bond acceptors (Lipinski definition) is 3. The van der Waals surface area contributed by atoms with Crippen LogP contribution in [0.15, 0.2) is 35.3 Å². The third kappa shape index (κ3) is 6.13. The molecular weight excluding hydrogens is 348 g/mol. The molecule has 3 rings (SSSR count). The van der Waals surface area contributed by atoms with Crippen LogP contribution < -0.4 is 10.1 Å². The van der Waals surface area contributed by atoms with E-state index in [1.807, 2.05) is 30.3 Å². The molecule has 1 atom stereocenters. The van der Waals surface area contributed by atoms with Crippen molar-refractivity contribution in [3.8, 4) is 5.75 Å². The third-order valence-electron chi connectivity index (χ3n) is 5.90. The Kier molecular flexibility index (Phi) is 8.01. The summed E-state index contributed by atoms with van der Waals surface area (Å²) >= 11 is 0. The molecule has 1 aromatic rings. The number of nitrogens with one attached hydrogen (secondary N) is 1. The highest BCUT2D eigenvalue weighted by Crippen LogP contribution is 2.20. The molecule has 2 fully saturated rings. The quantitative estimate of drug-likeness (QED) is 0.599. The Labute approximate surface area is 171 Å². The summed E-state index contributed by atoms with van der Waals surface area (Å²) < 4.78 is 6.14. The zero-order valence-electron chi connectivity index (χ0n) is 17.9. The van der Waals surface area contributed by atoms with Crippen LogP contribution >= 0.6 is 0 Å². The van der Waals surface area contributed by atoms with Gasteiger partial charge in [0.05, 0.1) is 0 Å². The van der Waals surface area contributed by atoms with Gasteiger partial charge in [0.1, 0.15) is 11.9 Å². The van der Waals surface area contributed by atoms with Crippen LogP contribution in [0.4, 0.5) is 0 Å². The zero-order valence-corrected chi connectivity index (χ0v) is 17.9. The summed E-state index contributed by atoms with van der Waals surface area (Å²) in [7, 11) is 0. The summed E-state index contributed by atoms with van der Waals surface area (Å²) in [5.74, 6) is 2.75. The fourth-order valence-electron chi connectivity index (χ4n) is 4.23. The Morgan fingerprint density at radius 1 is 1.14 bits per heavy atom. The van der Waals surface area contributed by atoms with Crippen molar-refractivity contribution in [1.29, 1.82) is 0 Å². The summed E-state index contributed by atoms with van der Waals surface area (Å²) in [6.07, 6.45) is 5.00. The molecule has 1 N–H and O–H groups in total. The van der Waals surface area contributed by atoms with E-state index in [9.17, 15) is 0 Å². The van der Waals surface area contributed by atoms with Gasteiger partial charge in [-0.15, -0.1) is 0 Å². The van der Waals surface area contributed by atoms with Crippen molar-refractivity contribution in [2.24, 2.45) is 10.9 Å². The second kappa shape index (κ2) is 10.7. The summed E-state index contributed by atoms with van der Waals surface area (Å²) in [6.45, 7) is 13.1. The number of nitrogens with zero attached hydrogens (tertiary/aromatic N) is 3. The first-order valence-corrected chi connectivity index (χ1v) is 11.1. The molecule has 2 aliphatic heterocycles. The van der Waals surface area contributed by atoms with Crippen LogP contribution in [0.3, 0.4) is 0 Å². The predicted molar refractivity (Wildman–Crippen MR) is 117 cm³/mol. The molecule has 0 radical (unpaired) electrons. The molecule has 2 aliphatic rings. The van der Waals surface area contributed by atoms with Crippen molar-refractivity contribution in [3.05, 3.63) is 30.3 Å². The number of aliphatic imine (C=N–C) groups is 1. The summed E-state index contributed by atoms with van der Waals surface area (Å²) in [6, 6.07) is 10.8. The SMILES string of the molecule is CCNC(=NCC1CCCN(C(C)C)C1)N1CCC(Oc2ccccc2)CC1. The first-order chi connectivity index (χ1) is 13.7. The normalized spacial score (nSPS) is 22.5. The van der Waals surface area contributed by atoms with Gasteiger partial charge < -0.3 is 19.9 Å². The van der Waals surface area contributed by atoms with E-state index in [0.29, 0.717) is 18.1 Å². The van der Waals surface area contributed by atoms with Gasteiger partial charge in [-0.2, -0.15) is 0 Å². The predicted octanol–water partition coefficient (Wildman–Crippen LogP) is 3.62. The molecule has 5 nitrogen and oxygen atoms in total. The fourth-order valence-corrected chi connectivity index (χ4v) is 4.23. The molecule has 1 aromatic carbocycles. The minimum Gasteiger partial charge on any atom is -0.490 e. The largest absolute Gasteiger partial charge is 0.490 e. The maximum atomic E-state index is 6.14. The number of para-hydroxylation sites is 1. The highest BCUT2D eigenvalue weighted by Gasteiger charge is 2.24. The lowest BCUT2D eigenvalue weighted by atomic mass is 9.97. The summed E-state index contributed by atoms with van der Waals surface area (Å²) in [4.78, 5) is 10.0. The molecular formula is C23H38N4O. The molecule has 28 heavy (non-hydrogen) atoms. The van der Waals surface area contributed by atoms with Crippen molar-refractivity contribution in [1.82, 2.24) is 15.1 Å². The molecule has 2 saturated heterocycles. The molecule has 0 saturated carbocycles. The molecule has 0 spiro atoms. The van der Waals surface area contributed by atoms with Crippen LogP contribution in [-0.2, 0) is 0 Å². The first-order valence-electron chi connectivity index (χ1n) is 11.1. The van der Waals surface area contributed by atoms with Crippen molar-refractivity contribution < 1.29 is 4.74 Å². The Balaban J connectivity index is 1.50. The molecule has 1 unspecified atom stereocenters. The second-order valence-corrected chi connectivity index (χ2v) is 8.41. The van der Waals surface area contributed by atoms with E-state index in [1.165, 1.54) is 25.9 Å². The van der Waals surface area contributed by atoms with Crippen LogP contribution in [-0.4, -0.2) is 67.2 Å². The van der Waals surface area contributed by atoms with Crippen LogP contribution in [0.1, 0.15) is 46.5 Å². The summed E-state index contributed by atoms with van der Waals surface area (Å²) in [5.41, 5.74) is 0. The van der Waals surface area contributed by atoms with E-state index in [0.717, 1.165) is 50.7 Å². The van der Waals surface area contributed by atoms with Crippen LogP contribution in [0.25, 0.3) is 0 Å². The lowest BCUT2D eigenvalue weighted by Gasteiger charge is -2.36. The van der Waals surface area contributed by atoms with Gasteiger partial charge in [0.2, 0.25) is 0 Å². The van der Waals surface area contributed by atoms with E-state index in [2.05, 4.69) is 35.9 Å². The Bertz CT molecular complexity index is 596. The monoisotopic (exact) mass is 386 g/mol. The van der Waals surface area contributed by atoms with Crippen molar-refractivity contribution in [3.63, 3.8) is 0 Å². The van der Waals surface area contributed by atoms with Crippen LogP contribution in [0.5, 0.6) is 5.75 Å². The van der Waals surface area contributed by atoms with Crippen molar-refractivity contribution in [2.75, 3.05) is 39.3 Å². The van der Waals surface area contributed by atoms with Crippen molar-refractivity contribution >= 4 is 5.96 Å². The Hall–Kier alpha value is -1.75. The molecule has 0 aromatic heterocycles. The standard InChI is InChI=1S/C23H38N4O/c1-4-24-23(25-17-20-9-8-14-27(18-20)19(2)3)26-15-12-22(13-16-26)28-21-10-6-5-7-11-21/h5-7,10-11,19-20,22H,4,8-9,12-18H2,1-3H3,(H,24,25). The third-order valence-corrected chi connectivity index (χ3v) is 5.90. The average Bonchev–Trinajstić information content (AvgIpc) is 2.73. The van der Waals surface area contributed by atoms with Gasteiger partial charge in [-0.25, -0.2) is 0 Å². The highest BCUT2D eigenvalue weighted by molar-refractivity contribution is 5.80. The van der Waals surface area contributed by atoms with Gasteiger partial charge in [0, 0.05) is 51.6 Å². The maximum absolute atomic E-state index is 6.14. The molecule has 156 valence electrons. The van der Waals surface area contributed by atoms with Gasteiger partial charge in [-0.05, 0) is 58.2 Å². The van der Waals surface area contributed by atoms with E-state index < -0.39 is 0 Å². The highest BCUT2D eigenvalue weighted by atomic mass is 16.5. The molecule has 0 amide bonds. The summed E-state index contributed by atoms with van der Waals surface area (Å²) in [5, 5.41) is 3.51. The number of guanidine groups is 1. The topological polar surface area (TPSA) is 40.1 Å². The number of rotatable bonds is 6. The van der Waals surface area contributed by atoms with E-state index in [1.54, 1.807) is 0 Å². The minimum absolute atomic E-state index is 0.305. The van der Waals surface area contributed by atoms with Crippen LogP contribution in [0.2, 0.25) is 0 Å². The van der Waals surface area contributed by atoms with E-state index >= 15 is 0 Å². The minimum atomic E-state index is 0.305. The maximum Gasteiger partial charge on any atom is 0.193 e. The lowest BCUT2D eigenvalue weighted by molar-refractivity contribution is 0.128. The molecule has 0 aliphatic carbocycles.